The number of fused-ring (bicyclic) bond motifs is 6. The van der Waals surface area contributed by atoms with E-state index in [2.05, 4.69) is 211 Å². The highest BCUT2D eigenvalue weighted by molar-refractivity contribution is 7.26. The molecule has 0 aliphatic heterocycles. The summed E-state index contributed by atoms with van der Waals surface area (Å²) in [5, 5.41) is 5.11. The summed E-state index contributed by atoms with van der Waals surface area (Å²) in [6.07, 6.45) is 0. The zero-order valence-electron chi connectivity index (χ0n) is 30.4. The second-order valence-corrected chi connectivity index (χ2v) is 15.4. The summed E-state index contributed by atoms with van der Waals surface area (Å²) in [6.45, 7) is 0. The SMILES string of the molecule is c1ccc(-c2cc(-c3ccccc3)nc(-c3ccccc3-c3ccc4c(c3)c3ccccc3n4-c3ccc(-c4cccc5c4sc4ccccc45)cc3)c2)cc1. The fourth-order valence-corrected chi connectivity index (χ4v) is 9.60. The molecule has 0 amide bonds. The summed E-state index contributed by atoms with van der Waals surface area (Å²) in [4.78, 5) is 5.29. The van der Waals surface area contributed by atoms with Gasteiger partial charge in [0.25, 0.3) is 0 Å². The molecule has 0 spiro atoms. The van der Waals surface area contributed by atoms with E-state index in [1.54, 1.807) is 0 Å². The molecule has 3 heterocycles. The van der Waals surface area contributed by atoms with Gasteiger partial charge in [-0.3, -0.25) is 0 Å². The van der Waals surface area contributed by atoms with Crippen LogP contribution in [0, 0.1) is 0 Å². The first kappa shape index (κ1) is 32.4. The fraction of sp³-hybridized carbons (Fsp3) is 0. The van der Waals surface area contributed by atoms with E-state index >= 15 is 0 Å². The molecule has 0 unspecified atom stereocenters. The number of pyridine rings is 1. The van der Waals surface area contributed by atoms with Crippen LogP contribution < -0.4 is 0 Å². The van der Waals surface area contributed by atoms with Crippen LogP contribution in [0.25, 0.3) is 104 Å². The number of para-hydroxylation sites is 1. The van der Waals surface area contributed by atoms with Crippen LogP contribution in [0.2, 0.25) is 0 Å². The lowest BCUT2D eigenvalue weighted by molar-refractivity contribution is 1.18. The van der Waals surface area contributed by atoms with E-state index < -0.39 is 0 Å². The first-order valence-corrected chi connectivity index (χ1v) is 19.9. The molecule has 0 fully saturated rings. The van der Waals surface area contributed by atoms with Gasteiger partial charge in [0.15, 0.2) is 0 Å². The van der Waals surface area contributed by atoms with Gasteiger partial charge in [-0.15, -0.1) is 11.3 Å². The van der Waals surface area contributed by atoms with Crippen molar-refractivity contribution in [2.75, 3.05) is 0 Å². The van der Waals surface area contributed by atoms with Gasteiger partial charge in [0.2, 0.25) is 0 Å². The van der Waals surface area contributed by atoms with E-state index in [-0.39, 0.29) is 0 Å². The summed E-state index contributed by atoms with van der Waals surface area (Å²) >= 11 is 1.88. The maximum Gasteiger partial charge on any atom is 0.0721 e. The summed E-state index contributed by atoms with van der Waals surface area (Å²) in [7, 11) is 0. The lowest BCUT2D eigenvalue weighted by Gasteiger charge is -2.14. The minimum absolute atomic E-state index is 0.953. The minimum Gasteiger partial charge on any atom is -0.309 e. The van der Waals surface area contributed by atoms with Gasteiger partial charge in [-0.1, -0.05) is 158 Å². The first-order chi connectivity index (χ1) is 27.8. The van der Waals surface area contributed by atoms with Gasteiger partial charge >= 0.3 is 0 Å². The summed E-state index contributed by atoms with van der Waals surface area (Å²) in [5.74, 6) is 0. The smallest absolute Gasteiger partial charge is 0.0721 e. The Morgan fingerprint density at radius 3 is 1.77 bits per heavy atom. The monoisotopic (exact) mass is 730 g/mol. The Balaban J connectivity index is 1.03. The van der Waals surface area contributed by atoms with Crippen molar-refractivity contribution in [3.63, 3.8) is 0 Å². The summed E-state index contributed by atoms with van der Waals surface area (Å²) in [5.41, 5.74) is 14.8. The normalized spacial score (nSPS) is 11.6. The molecule has 0 radical (unpaired) electrons. The molecule has 11 aromatic rings. The number of hydrogen-bond acceptors (Lipinski definition) is 2. The molecule has 0 aliphatic rings. The molecule has 11 rings (SSSR count). The highest BCUT2D eigenvalue weighted by Gasteiger charge is 2.17. The van der Waals surface area contributed by atoms with E-state index in [0.29, 0.717) is 0 Å². The van der Waals surface area contributed by atoms with Crippen LogP contribution in [0.4, 0.5) is 0 Å². The van der Waals surface area contributed by atoms with Crippen molar-refractivity contribution in [3.8, 4) is 61.6 Å². The third-order valence-corrected chi connectivity index (χ3v) is 12.2. The molecule has 3 aromatic heterocycles. The number of hydrogen-bond donors (Lipinski definition) is 0. The minimum atomic E-state index is 0.953. The van der Waals surface area contributed by atoms with Crippen molar-refractivity contribution in [2.45, 2.75) is 0 Å². The van der Waals surface area contributed by atoms with Crippen molar-refractivity contribution < 1.29 is 0 Å². The zero-order valence-corrected chi connectivity index (χ0v) is 31.2. The topological polar surface area (TPSA) is 17.8 Å². The molecule has 0 bridgehead atoms. The highest BCUT2D eigenvalue weighted by atomic mass is 32.1. The van der Waals surface area contributed by atoms with Crippen LogP contribution in [0.1, 0.15) is 0 Å². The van der Waals surface area contributed by atoms with E-state index in [9.17, 15) is 0 Å². The molecule has 3 heteroatoms. The second-order valence-electron chi connectivity index (χ2n) is 14.3. The molecule has 0 saturated heterocycles. The van der Waals surface area contributed by atoms with Crippen molar-refractivity contribution in [3.05, 3.63) is 206 Å². The predicted octanol–water partition coefficient (Wildman–Crippen LogP) is 14.9. The average molecular weight is 731 g/mol. The van der Waals surface area contributed by atoms with Crippen molar-refractivity contribution >= 4 is 53.3 Å². The molecule has 0 N–H and O–H groups in total. The molecule has 56 heavy (non-hydrogen) atoms. The molecule has 262 valence electrons. The standard InChI is InChI=1S/C53H34N2S/c1-3-14-35(15-4-1)39-33-48(37-16-5-2-6-17-37)54-49(34-39)43-19-8-7-18-41(43)38-28-31-51-47(32-38)44-20-9-11-24-50(44)55(51)40-29-26-36(27-30-40)42-22-13-23-46-45-21-10-12-25-52(45)56-53(42)46/h1-34H. The second kappa shape index (κ2) is 13.3. The Kier molecular flexibility index (Phi) is 7.72. The Morgan fingerprint density at radius 1 is 0.339 bits per heavy atom. The third-order valence-electron chi connectivity index (χ3n) is 11.0. The molecule has 0 atom stereocenters. The Hall–Kier alpha value is -7.07. The van der Waals surface area contributed by atoms with Gasteiger partial charge in [0.1, 0.15) is 0 Å². The van der Waals surface area contributed by atoms with Crippen molar-refractivity contribution in [1.82, 2.24) is 9.55 Å². The first-order valence-electron chi connectivity index (χ1n) is 19.0. The molecule has 8 aromatic carbocycles. The number of benzene rings is 8. The van der Waals surface area contributed by atoms with E-state index in [1.807, 2.05) is 11.3 Å². The highest BCUT2D eigenvalue weighted by Crippen LogP contribution is 2.42. The number of thiophene rings is 1. The lowest BCUT2D eigenvalue weighted by atomic mass is 9.94. The Morgan fingerprint density at radius 2 is 0.946 bits per heavy atom. The quantitative estimate of drug-likeness (QED) is 0.167. The van der Waals surface area contributed by atoms with Gasteiger partial charge in [-0.05, 0) is 81.9 Å². The summed E-state index contributed by atoms with van der Waals surface area (Å²) in [6, 6.07) is 74.4. The van der Waals surface area contributed by atoms with Crippen LogP contribution in [0.15, 0.2) is 206 Å². The van der Waals surface area contributed by atoms with Crippen LogP contribution in [0.3, 0.4) is 0 Å². The number of rotatable bonds is 6. The van der Waals surface area contributed by atoms with Gasteiger partial charge in [-0.2, -0.15) is 0 Å². The predicted molar refractivity (Wildman–Crippen MR) is 239 cm³/mol. The molecule has 0 aliphatic carbocycles. The van der Waals surface area contributed by atoms with Gasteiger partial charge in [0, 0.05) is 47.8 Å². The van der Waals surface area contributed by atoms with Gasteiger partial charge in [0.05, 0.1) is 22.4 Å². The zero-order chi connectivity index (χ0) is 37.0. The fourth-order valence-electron chi connectivity index (χ4n) is 8.36. The summed E-state index contributed by atoms with van der Waals surface area (Å²) < 4.78 is 5.07. The van der Waals surface area contributed by atoms with Crippen LogP contribution in [-0.2, 0) is 0 Å². The van der Waals surface area contributed by atoms with Crippen LogP contribution in [0.5, 0.6) is 0 Å². The van der Waals surface area contributed by atoms with E-state index in [0.717, 1.165) is 44.9 Å². The van der Waals surface area contributed by atoms with E-state index in [1.165, 1.54) is 58.7 Å². The van der Waals surface area contributed by atoms with Gasteiger partial charge < -0.3 is 4.57 Å². The Bertz CT molecular complexity index is 3170. The Labute approximate surface area is 329 Å². The van der Waals surface area contributed by atoms with Crippen molar-refractivity contribution in [2.24, 2.45) is 0 Å². The largest absolute Gasteiger partial charge is 0.309 e. The molecular weight excluding hydrogens is 697 g/mol. The lowest BCUT2D eigenvalue weighted by Crippen LogP contribution is -1.94. The molecular formula is C53H34N2S. The maximum atomic E-state index is 5.29. The van der Waals surface area contributed by atoms with Crippen LogP contribution in [-0.4, -0.2) is 9.55 Å². The van der Waals surface area contributed by atoms with E-state index in [4.69, 9.17) is 4.98 Å². The molecule has 0 saturated carbocycles. The van der Waals surface area contributed by atoms with Crippen LogP contribution >= 0.6 is 11.3 Å². The third kappa shape index (κ3) is 5.44. The number of nitrogens with zero attached hydrogens (tertiary/aromatic N) is 2. The maximum absolute atomic E-state index is 5.29. The van der Waals surface area contributed by atoms with Crippen molar-refractivity contribution in [1.29, 1.82) is 0 Å². The van der Waals surface area contributed by atoms with Gasteiger partial charge in [-0.25, -0.2) is 4.98 Å². The average Bonchev–Trinajstić information content (AvgIpc) is 3.83. The molecule has 2 nitrogen and oxygen atoms in total. The number of aromatic nitrogens is 2.